The van der Waals surface area contributed by atoms with Crippen LogP contribution >= 0.6 is 11.6 Å². The van der Waals surface area contributed by atoms with Crippen LogP contribution in [-0.2, 0) is 0 Å². The minimum Gasteiger partial charge on any atom is -0.419 e. The first-order valence-electron chi connectivity index (χ1n) is 7.99. The number of nitriles is 1. The van der Waals surface area contributed by atoms with Gasteiger partial charge in [0.2, 0.25) is 17.5 Å². The van der Waals surface area contributed by atoms with E-state index in [1.54, 1.807) is 24.3 Å². The predicted octanol–water partition coefficient (Wildman–Crippen LogP) is -0.261. The molecule has 4 atom stereocenters. The van der Waals surface area contributed by atoms with Gasteiger partial charge in [0, 0.05) is 24.2 Å². The summed E-state index contributed by atoms with van der Waals surface area (Å²) in [7, 11) is 1.50. The van der Waals surface area contributed by atoms with Gasteiger partial charge >= 0.3 is 0 Å². The molecule has 9 nitrogen and oxygen atoms in total. The second-order valence-electron chi connectivity index (χ2n) is 5.97. The van der Waals surface area contributed by atoms with E-state index < -0.39 is 31.0 Å². The first-order chi connectivity index (χ1) is 12.8. The molecule has 27 heavy (non-hydrogen) atoms. The van der Waals surface area contributed by atoms with Gasteiger partial charge in [-0.2, -0.15) is 10.2 Å². The number of likely N-dealkylation sites (N-methyl/N-ethyl adjacent to an activating group) is 1. The van der Waals surface area contributed by atoms with Crippen molar-refractivity contribution in [1.29, 1.82) is 5.26 Å². The summed E-state index contributed by atoms with van der Waals surface area (Å²) >= 11 is 5.84. The van der Waals surface area contributed by atoms with Crippen molar-refractivity contribution in [2.45, 2.75) is 24.4 Å². The summed E-state index contributed by atoms with van der Waals surface area (Å²) in [6.45, 7) is -1.01. The summed E-state index contributed by atoms with van der Waals surface area (Å²) in [5.74, 6) is 0.238. The molecule has 0 saturated carbocycles. The molecular formula is C17H20ClN3O6. The van der Waals surface area contributed by atoms with E-state index in [2.05, 4.69) is 4.98 Å². The van der Waals surface area contributed by atoms with Crippen LogP contribution in [0.15, 0.2) is 28.7 Å². The molecule has 0 aliphatic heterocycles. The molecule has 0 bridgehead atoms. The quantitative estimate of drug-likeness (QED) is 0.405. The van der Waals surface area contributed by atoms with Gasteiger partial charge in [0.1, 0.15) is 30.5 Å². The van der Waals surface area contributed by atoms with Crippen molar-refractivity contribution in [3.63, 3.8) is 0 Å². The van der Waals surface area contributed by atoms with Crippen LogP contribution in [0.2, 0.25) is 5.02 Å². The highest BCUT2D eigenvalue weighted by atomic mass is 35.5. The molecule has 0 aliphatic rings. The fraction of sp³-hybridized carbons (Fsp3) is 0.412. The lowest BCUT2D eigenvalue weighted by molar-refractivity contribution is -0.112. The summed E-state index contributed by atoms with van der Waals surface area (Å²) < 4.78 is 5.61. The van der Waals surface area contributed by atoms with Gasteiger partial charge in [0.05, 0.1) is 6.61 Å². The predicted molar refractivity (Wildman–Crippen MR) is 96.0 cm³/mol. The summed E-state index contributed by atoms with van der Waals surface area (Å²) in [5.41, 5.74) is 0.567. The summed E-state index contributed by atoms with van der Waals surface area (Å²) in [4.78, 5) is 5.44. The first-order valence-corrected chi connectivity index (χ1v) is 8.37. The Labute approximate surface area is 160 Å². The summed E-state index contributed by atoms with van der Waals surface area (Å²) in [5, 5.41) is 57.6. The van der Waals surface area contributed by atoms with Gasteiger partial charge in [0.25, 0.3) is 0 Å². The third-order valence-corrected chi connectivity index (χ3v) is 4.19. The van der Waals surface area contributed by atoms with Gasteiger partial charge in [0.15, 0.2) is 0 Å². The van der Waals surface area contributed by atoms with Gasteiger partial charge in [-0.25, -0.2) is 0 Å². The highest BCUT2D eigenvalue weighted by molar-refractivity contribution is 6.30. The smallest absolute Gasteiger partial charge is 0.234 e. The van der Waals surface area contributed by atoms with Crippen molar-refractivity contribution < 1.29 is 29.9 Å². The number of aromatic nitrogens is 1. The third-order valence-electron chi connectivity index (χ3n) is 3.94. The van der Waals surface area contributed by atoms with Crippen LogP contribution in [0.25, 0.3) is 11.5 Å². The number of halogens is 1. The minimum atomic E-state index is -1.74. The Hall–Kier alpha value is -2.19. The molecule has 4 unspecified atom stereocenters. The molecule has 0 aliphatic carbocycles. The standard InChI is InChI=1S/C17H20ClN3O6/c1-21(7-12(23)14(25)15(26)13(24)8-22)17-11(6-19)20-16(27-17)9-2-4-10(18)5-3-9/h2-5,12-15,22-26H,7-8H2,1H3. The number of anilines is 1. The van der Waals surface area contributed by atoms with Crippen LogP contribution < -0.4 is 4.90 Å². The summed E-state index contributed by atoms with van der Waals surface area (Å²) in [6.07, 6.45) is -6.56. The highest BCUT2D eigenvalue weighted by Gasteiger charge is 2.31. The molecule has 0 saturated heterocycles. The second-order valence-corrected chi connectivity index (χ2v) is 6.41. The van der Waals surface area contributed by atoms with E-state index in [0.29, 0.717) is 10.6 Å². The average molecular weight is 398 g/mol. The van der Waals surface area contributed by atoms with Gasteiger partial charge in [-0.1, -0.05) is 11.6 Å². The van der Waals surface area contributed by atoms with Crippen molar-refractivity contribution in [1.82, 2.24) is 4.98 Å². The molecule has 10 heteroatoms. The Morgan fingerprint density at radius 1 is 1.15 bits per heavy atom. The molecule has 0 amide bonds. The summed E-state index contributed by atoms with van der Waals surface area (Å²) in [6, 6.07) is 8.52. The maximum Gasteiger partial charge on any atom is 0.234 e. The molecular weight excluding hydrogens is 378 g/mol. The van der Waals surface area contributed by atoms with Crippen molar-refractivity contribution in [2.24, 2.45) is 0 Å². The van der Waals surface area contributed by atoms with E-state index in [-0.39, 0.29) is 24.0 Å². The highest BCUT2D eigenvalue weighted by Crippen LogP contribution is 2.28. The van der Waals surface area contributed by atoms with Crippen LogP contribution in [0, 0.1) is 11.3 Å². The van der Waals surface area contributed by atoms with E-state index >= 15 is 0 Å². The van der Waals surface area contributed by atoms with Crippen molar-refractivity contribution >= 4 is 17.5 Å². The fourth-order valence-electron chi connectivity index (χ4n) is 2.39. The molecule has 0 radical (unpaired) electrons. The van der Waals surface area contributed by atoms with Crippen LogP contribution in [0.4, 0.5) is 5.88 Å². The number of rotatable bonds is 8. The second kappa shape index (κ2) is 9.14. The number of hydrogen-bond donors (Lipinski definition) is 5. The average Bonchev–Trinajstić information content (AvgIpc) is 3.11. The first kappa shape index (κ1) is 21.1. The monoisotopic (exact) mass is 397 g/mol. The Bertz CT molecular complexity index is 791. The Balaban J connectivity index is 2.17. The number of oxazole rings is 1. The van der Waals surface area contributed by atoms with Gasteiger partial charge < -0.3 is 34.8 Å². The molecule has 146 valence electrons. The van der Waals surface area contributed by atoms with Crippen LogP contribution in [-0.4, -0.2) is 75.1 Å². The van der Waals surface area contributed by atoms with Crippen molar-refractivity contribution in [2.75, 3.05) is 25.1 Å². The zero-order chi connectivity index (χ0) is 20.1. The maximum absolute atomic E-state index is 10.1. The van der Waals surface area contributed by atoms with E-state index in [9.17, 15) is 25.7 Å². The number of nitrogens with zero attached hydrogens (tertiary/aromatic N) is 3. The number of aliphatic hydroxyl groups is 5. The van der Waals surface area contributed by atoms with E-state index in [4.69, 9.17) is 21.1 Å². The van der Waals surface area contributed by atoms with Gasteiger partial charge in [-0.3, -0.25) is 0 Å². The zero-order valence-electron chi connectivity index (χ0n) is 14.4. The van der Waals surface area contributed by atoms with Crippen molar-refractivity contribution in [3.05, 3.63) is 35.0 Å². The minimum absolute atomic E-state index is 0.0277. The van der Waals surface area contributed by atoms with Gasteiger partial charge in [-0.05, 0) is 24.3 Å². The fourth-order valence-corrected chi connectivity index (χ4v) is 2.52. The Morgan fingerprint density at radius 3 is 2.30 bits per heavy atom. The SMILES string of the molecule is CN(CC(O)C(O)C(O)C(O)CO)c1oc(-c2ccc(Cl)cc2)nc1C#N. The van der Waals surface area contributed by atoms with Crippen molar-refractivity contribution in [3.8, 4) is 17.5 Å². The van der Waals surface area contributed by atoms with Crippen LogP contribution in [0.1, 0.15) is 5.69 Å². The molecule has 1 heterocycles. The molecule has 2 rings (SSSR count). The normalized spacial score (nSPS) is 15.6. The van der Waals surface area contributed by atoms with Crippen LogP contribution in [0.3, 0.4) is 0 Å². The lowest BCUT2D eigenvalue weighted by atomic mass is 10.0. The largest absolute Gasteiger partial charge is 0.419 e. The zero-order valence-corrected chi connectivity index (χ0v) is 15.2. The Kier molecular flexibility index (Phi) is 7.15. The molecule has 2 aromatic rings. The molecule has 0 spiro atoms. The molecule has 1 aromatic carbocycles. The molecule has 0 fully saturated rings. The molecule has 5 N–H and O–H groups in total. The van der Waals surface area contributed by atoms with Gasteiger partial charge in [-0.15, -0.1) is 0 Å². The number of aliphatic hydroxyl groups excluding tert-OH is 5. The number of hydrogen-bond acceptors (Lipinski definition) is 9. The number of benzene rings is 1. The molecule has 1 aromatic heterocycles. The topological polar surface area (TPSA) is 154 Å². The third kappa shape index (κ3) is 4.95. The van der Waals surface area contributed by atoms with E-state index in [1.165, 1.54) is 11.9 Å². The Morgan fingerprint density at radius 2 is 1.74 bits per heavy atom. The lowest BCUT2D eigenvalue weighted by Gasteiger charge is -2.28. The lowest BCUT2D eigenvalue weighted by Crippen LogP contribution is -2.49. The maximum atomic E-state index is 10.1. The van der Waals surface area contributed by atoms with E-state index in [1.807, 2.05) is 6.07 Å². The van der Waals surface area contributed by atoms with E-state index in [0.717, 1.165) is 0 Å². The van der Waals surface area contributed by atoms with Crippen LogP contribution in [0.5, 0.6) is 0 Å².